The fraction of sp³-hybridized carbons (Fsp3) is 1.00. The molecule has 0 aromatic heterocycles. The van der Waals surface area contributed by atoms with E-state index < -0.39 is 0 Å². The van der Waals surface area contributed by atoms with Crippen LogP contribution in [0, 0.1) is 5.92 Å². The van der Waals surface area contributed by atoms with Crippen molar-refractivity contribution in [1.82, 2.24) is 5.32 Å². The smallest absolute Gasteiger partial charge is 0.0590 e. The van der Waals surface area contributed by atoms with Gasteiger partial charge >= 0.3 is 0 Å². The highest BCUT2D eigenvalue weighted by Crippen LogP contribution is 2.02. The molecule has 0 unspecified atom stereocenters. The van der Waals surface area contributed by atoms with Gasteiger partial charge in [0.1, 0.15) is 0 Å². The van der Waals surface area contributed by atoms with Gasteiger partial charge in [0, 0.05) is 19.8 Å². The van der Waals surface area contributed by atoms with Crippen LogP contribution in [0.4, 0.5) is 0 Å². The summed E-state index contributed by atoms with van der Waals surface area (Å²) >= 11 is 0. The van der Waals surface area contributed by atoms with Gasteiger partial charge in [-0.3, -0.25) is 0 Å². The Balaban J connectivity index is 2.94. The summed E-state index contributed by atoms with van der Waals surface area (Å²) in [5.74, 6) is 0.790. The molecule has 1 N–H and O–H groups in total. The standard InChI is InChI=1S/C14H31NO2/c1-13(2)7-5-10-16-12-9-15-8-6-11-17-14(3)4/h13-15H,5-12H2,1-4H3. The van der Waals surface area contributed by atoms with Crippen molar-refractivity contribution in [1.29, 1.82) is 0 Å². The maximum Gasteiger partial charge on any atom is 0.0590 e. The first kappa shape index (κ1) is 16.9. The Bertz CT molecular complexity index is 133. The minimum Gasteiger partial charge on any atom is -0.380 e. The van der Waals surface area contributed by atoms with E-state index in [2.05, 4.69) is 33.0 Å². The SMILES string of the molecule is CC(C)CCCOCCNCCCOC(C)C. The fourth-order valence-corrected chi connectivity index (χ4v) is 1.48. The number of hydrogen-bond acceptors (Lipinski definition) is 3. The molecule has 0 fully saturated rings. The molecule has 17 heavy (non-hydrogen) atoms. The molecule has 0 aliphatic rings. The lowest BCUT2D eigenvalue weighted by Crippen LogP contribution is -2.22. The molecule has 0 heterocycles. The molecular weight excluding hydrogens is 214 g/mol. The molecule has 0 aromatic rings. The second-order valence-electron chi connectivity index (χ2n) is 5.17. The Kier molecular flexibility index (Phi) is 12.3. The van der Waals surface area contributed by atoms with Crippen LogP contribution in [0.5, 0.6) is 0 Å². The molecule has 3 nitrogen and oxygen atoms in total. The number of hydrogen-bond donors (Lipinski definition) is 1. The first-order valence-corrected chi connectivity index (χ1v) is 7.03. The molecule has 0 rings (SSSR count). The Morgan fingerprint density at radius 2 is 1.65 bits per heavy atom. The van der Waals surface area contributed by atoms with E-state index >= 15 is 0 Å². The van der Waals surface area contributed by atoms with E-state index in [1.165, 1.54) is 12.8 Å². The largest absolute Gasteiger partial charge is 0.380 e. The van der Waals surface area contributed by atoms with Crippen LogP contribution in [0.3, 0.4) is 0 Å². The summed E-state index contributed by atoms with van der Waals surface area (Å²) in [4.78, 5) is 0. The predicted molar refractivity (Wildman–Crippen MR) is 73.5 cm³/mol. The minimum atomic E-state index is 0.347. The first-order chi connectivity index (χ1) is 8.13. The van der Waals surface area contributed by atoms with E-state index in [-0.39, 0.29) is 0 Å². The molecule has 0 bridgehead atoms. The van der Waals surface area contributed by atoms with Crippen molar-refractivity contribution in [3.05, 3.63) is 0 Å². The number of ether oxygens (including phenoxy) is 2. The van der Waals surface area contributed by atoms with Gasteiger partial charge in [0.15, 0.2) is 0 Å². The predicted octanol–water partition coefficient (Wildman–Crippen LogP) is 2.84. The molecule has 0 saturated carbocycles. The second kappa shape index (κ2) is 12.3. The van der Waals surface area contributed by atoms with Crippen molar-refractivity contribution in [2.24, 2.45) is 5.92 Å². The average molecular weight is 245 g/mol. The van der Waals surface area contributed by atoms with Gasteiger partial charge in [0.05, 0.1) is 12.7 Å². The number of nitrogens with one attached hydrogen (secondary N) is 1. The van der Waals surface area contributed by atoms with Crippen LogP contribution < -0.4 is 5.32 Å². The van der Waals surface area contributed by atoms with Gasteiger partial charge in [0.2, 0.25) is 0 Å². The summed E-state index contributed by atoms with van der Waals surface area (Å²) in [5.41, 5.74) is 0. The molecule has 0 atom stereocenters. The van der Waals surface area contributed by atoms with Crippen LogP contribution >= 0.6 is 0 Å². The highest BCUT2D eigenvalue weighted by atomic mass is 16.5. The summed E-state index contributed by atoms with van der Waals surface area (Å²) in [7, 11) is 0. The Morgan fingerprint density at radius 1 is 0.882 bits per heavy atom. The molecule has 0 aliphatic heterocycles. The van der Waals surface area contributed by atoms with Gasteiger partial charge in [-0.15, -0.1) is 0 Å². The van der Waals surface area contributed by atoms with Gasteiger partial charge in [0.25, 0.3) is 0 Å². The summed E-state index contributed by atoms with van der Waals surface area (Å²) < 4.78 is 11.0. The summed E-state index contributed by atoms with van der Waals surface area (Å²) in [5, 5.41) is 3.35. The zero-order valence-corrected chi connectivity index (χ0v) is 12.1. The first-order valence-electron chi connectivity index (χ1n) is 7.03. The van der Waals surface area contributed by atoms with Gasteiger partial charge in [-0.25, -0.2) is 0 Å². The van der Waals surface area contributed by atoms with E-state index in [0.29, 0.717) is 6.10 Å². The molecule has 3 heteroatoms. The molecule has 0 amide bonds. The Labute approximate surface area is 107 Å². The van der Waals surface area contributed by atoms with E-state index in [4.69, 9.17) is 9.47 Å². The highest BCUT2D eigenvalue weighted by molar-refractivity contribution is 4.48. The Morgan fingerprint density at radius 3 is 2.29 bits per heavy atom. The minimum absolute atomic E-state index is 0.347. The van der Waals surface area contributed by atoms with Crippen LogP contribution in [0.25, 0.3) is 0 Å². The highest BCUT2D eigenvalue weighted by Gasteiger charge is 1.95. The lowest BCUT2D eigenvalue weighted by Gasteiger charge is -2.09. The monoisotopic (exact) mass is 245 g/mol. The van der Waals surface area contributed by atoms with Crippen LogP contribution in [0.15, 0.2) is 0 Å². The zero-order valence-electron chi connectivity index (χ0n) is 12.1. The zero-order chi connectivity index (χ0) is 12.9. The van der Waals surface area contributed by atoms with E-state index in [0.717, 1.165) is 45.2 Å². The van der Waals surface area contributed by atoms with Crippen molar-refractivity contribution in [3.63, 3.8) is 0 Å². The normalized spacial score (nSPS) is 11.6. The molecule has 0 radical (unpaired) electrons. The molecule has 0 aliphatic carbocycles. The molecule has 0 saturated heterocycles. The van der Waals surface area contributed by atoms with E-state index in [1.807, 2.05) is 0 Å². The molecular formula is C14H31NO2. The molecule has 0 aromatic carbocycles. The summed E-state index contributed by atoms with van der Waals surface area (Å²) in [6, 6.07) is 0. The van der Waals surface area contributed by atoms with E-state index in [9.17, 15) is 0 Å². The topological polar surface area (TPSA) is 30.5 Å². The van der Waals surface area contributed by atoms with E-state index in [1.54, 1.807) is 0 Å². The maximum atomic E-state index is 5.54. The van der Waals surface area contributed by atoms with Gasteiger partial charge in [-0.1, -0.05) is 13.8 Å². The van der Waals surface area contributed by atoms with Crippen molar-refractivity contribution in [3.8, 4) is 0 Å². The quantitative estimate of drug-likeness (QED) is 0.536. The average Bonchev–Trinajstić information content (AvgIpc) is 2.25. The third kappa shape index (κ3) is 15.9. The van der Waals surface area contributed by atoms with Crippen molar-refractivity contribution in [2.45, 2.75) is 53.1 Å². The van der Waals surface area contributed by atoms with Crippen molar-refractivity contribution >= 4 is 0 Å². The van der Waals surface area contributed by atoms with Crippen LogP contribution in [0.1, 0.15) is 47.0 Å². The van der Waals surface area contributed by atoms with Gasteiger partial charge in [-0.2, -0.15) is 0 Å². The lowest BCUT2D eigenvalue weighted by atomic mass is 10.1. The number of rotatable bonds is 12. The fourth-order valence-electron chi connectivity index (χ4n) is 1.48. The summed E-state index contributed by atoms with van der Waals surface area (Å²) in [6.45, 7) is 13.2. The second-order valence-corrected chi connectivity index (χ2v) is 5.17. The van der Waals surface area contributed by atoms with Crippen LogP contribution in [-0.4, -0.2) is 39.0 Å². The van der Waals surface area contributed by atoms with Crippen LogP contribution in [0.2, 0.25) is 0 Å². The van der Waals surface area contributed by atoms with Gasteiger partial charge in [-0.05, 0) is 45.6 Å². The molecule has 0 spiro atoms. The summed E-state index contributed by atoms with van der Waals surface area (Å²) in [6.07, 6.45) is 3.87. The van der Waals surface area contributed by atoms with Crippen LogP contribution in [-0.2, 0) is 9.47 Å². The third-order valence-corrected chi connectivity index (χ3v) is 2.44. The van der Waals surface area contributed by atoms with Crippen molar-refractivity contribution < 1.29 is 9.47 Å². The Hall–Kier alpha value is -0.120. The third-order valence-electron chi connectivity index (χ3n) is 2.44. The maximum absolute atomic E-state index is 5.54. The van der Waals surface area contributed by atoms with Crippen molar-refractivity contribution in [2.75, 3.05) is 32.9 Å². The molecule has 104 valence electrons. The van der Waals surface area contributed by atoms with Gasteiger partial charge < -0.3 is 14.8 Å². The lowest BCUT2D eigenvalue weighted by molar-refractivity contribution is 0.0763.